The van der Waals surface area contributed by atoms with Crippen LogP contribution in [0.25, 0.3) is 0 Å². The molecule has 27 heavy (non-hydrogen) atoms. The van der Waals surface area contributed by atoms with Crippen LogP contribution in [-0.2, 0) is 11.0 Å². The Kier molecular flexibility index (Phi) is 6.22. The summed E-state index contributed by atoms with van der Waals surface area (Å²) in [6, 6.07) is 4.86. The van der Waals surface area contributed by atoms with Crippen LogP contribution in [0.2, 0.25) is 0 Å². The van der Waals surface area contributed by atoms with Gasteiger partial charge in [0.2, 0.25) is 0 Å². The van der Waals surface area contributed by atoms with E-state index in [9.17, 15) is 22.8 Å². The maximum Gasteiger partial charge on any atom is 0.416 e. The smallest absolute Gasteiger partial charge is 0.416 e. The van der Waals surface area contributed by atoms with E-state index in [2.05, 4.69) is 5.32 Å². The number of urea groups is 1. The number of halogens is 3. The Morgan fingerprint density at radius 3 is 2.33 bits per heavy atom. The minimum absolute atomic E-state index is 0.242. The number of nitrogens with zero attached hydrogens (tertiary/aromatic N) is 2. The molecule has 0 radical (unpaired) electrons. The number of hydrogen-bond donors (Lipinski definition) is 2. The molecule has 1 aliphatic heterocycles. The molecule has 1 aliphatic rings. The summed E-state index contributed by atoms with van der Waals surface area (Å²) in [5.41, 5.74) is -1.13. The zero-order valence-corrected chi connectivity index (χ0v) is 15.3. The van der Waals surface area contributed by atoms with E-state index in [0.29, 0.717) is 38.3 Å². The number of hydrogen-bond acceptors (Lipinski definition) is 3. The van der Waals surface area contributed by atoms with Crippen molar-refractivity contribution < 1.29 is 27.9 Å². The second kappa shape index (κ2) is 8.06. The molecule has 0 unspecified atom stereocenters. The highest BCUT2D eigenvalue weighted by Gasteiger charge is 2.31. The number of carbonyl (C=O) groups excluding carboxylic acids is 1. The van der Waals surface area contributed by atoms with Gasteiger partial charge in [-0.05, 0) is 38.5 Å². The van der Waals surface area contributed by atoms with Gasteiger partial charge in [-0.2, -0.15) is 13.2 Å². The van der Waals surface area contributed by atoms with Gasteiger partial charge in [-0.1, -0.05) is 6.07 Å². The van der Waals surface area contributed by atoms with Crippen molar-refractivity contribution in [2.75, 3.05) is 37.6 Å². The van der Waals surface area contributed by atoms with Gasteiger partial charge in [0, 0.05) is 38.4 Å². The molecule has 2 rings (SSSR count). The zero-order valence-electron chi connectivity index (χ0n) is 15.3. The third kappa shape index (κ3) is 5.51. The Morgan fingerprint density at radius 2 is 1.78 bits per heavy atom. The van der Waals surface area contributed by atoms with Gasteiger partial charge in [0.15, 0.2) is 0 Å². The van der Waals surface area contributed by atoms with Crippen molar-refractivity contribution in [3.63, 3.8) is 0 Å². The number of carboxylic acid groups (broad SMARTS) is 1. The number of nitrogens with one attached hydrogen (secondary N) is 1. The number of alkyl halides is 3. The first-order valence-electron chi connectivity index (χ1n) is 8.69. The Balaban J connectivity index is 1.85. The number of carboxylic acids is 1. The first-order chi connectivity index (χ1) is 12.5. The number of benzene rings is 1. The van der Waals surface area contributed by atoms with Gasteiger partial charge >= 0.3 is 18.2 Å². The lowest BCUT2D eigenvalue weighted by Gasteiger charge is -2.36. The summed E-state index contributed by atoms with van der Waals surface area (Å²) in [6.07, 6.45) is -4.08. The van der Waals surface area contributed by atoms with Gasteiger partial charge in [0.25, 0.3) is 0 Å². The van der Waals surface area contributed by atoms with Crippen molar-refractivity contribution in [2.24, 2.45) is 5.41 Å². The number of rotatable bonds is 5. The highest BCUT2D eigenvalue weighted by Crippen LogP contribution is 2.31. The lowest BCUT2D eigenvalue weighted by Crippen LogP contribution is -2.52. The maximum atomic E-state index is 12.8. The van der Waals surface area contributed by atoms with Crippen LogP contribution in [-0.4, -0.2) is 54.7 Å². The number of carbonyl (C=O) groups is 2. The summed E-state index contributed by atoms with van der Waals surface area (Å²) >= 11 is 0. The van der Waals surface area contributed by atoms with Crippen molar-refractivity contribution >= 4 is 17.7 Å². The fourth-order valence-electron chi connectivity index (χ4n) is 2.75. The van der Waals surface area contributed by atoms with Gasteiger partial charge < -0.3 is 20.2 Å². The lowest BCUT2D eigenvalue weighted by molar-refractivity contribution is -0.147. The molecule has 1 aromatic carbocycles. The van der Waals surface area contributed by atoms with Gasteiger partial charge in [-0.25, -0.2) is 4.79 Å². The minimum Gasteiger partial charge on any atom is -0.481 e. The van der Waals surface area contributed by atoms with Crippen LogP contribution in [0.3, 0.4) is 0 Å². The van der Waals surface area contributed by atoms with E-state index in [4.69, 9.17) is 5.11 Å². The molecule has 1 aromatic rings. The molecule has 6 nitrogen and oxygen atoms in total. The highest BCUT2D eigenvalue weighted by atomic mass is 19.4. The molecular weight excluding hydrogens is 363 g/mol. The molecule has 2 N–H and O–H groups in total. The number of aliphatic carboxylic acids is 1. The van der Waals surface area contributed by atoms with Crippen LogP contribution >= 0.6 is 0 Å². The first-order valence-corrected chi connectivity index (χ1v) is 8.69. The fraction of sp³-hybridized carbons (Fsp3) is 0.556. The van der Waals surface area contributed by atoms with Crippen molar-refractivity contribution in [2.45, 2.75) is 26.4 Å². The van der Waals surface area contributed by atoms with Crippen LogP contribution in [0.1, 0.15) is 25.8 Å². The summed E-state index contributed by atoms with van der Waals surface area (Å²) in [6.45, 7) is 5.04. The van der Waals surface area contributed by atoms with Gasteiger partial charge in [0.05, 0.1) is 11.0 Å². The molecule has 0 spiro atoms. The van der Waals surface area contributed by atoms with E-state index < -0.39 is 23.1 Å². The Labute approximate surface area is 155 Å². The van der Waals surface area contributed by atoms with Crippen LogP contribution < -0.4 is 10.2 Å². The summed E-state index contributed by atoms with van der Waals surface area (Å²) < 4.78 is 38.5. The van der Waals surface area contributed by atoms with Gasteiger partial charge in [-0.15, -0.1) is 0 Å². The summed E-state index contributed by atoms with van der Waals surface area (Å²) in [5, 5.41) is 11.8. The molecule has 150 valence electrons. The predicted octanol–water partition coefficient (Wildman–Crippen LogP) is 3.04. The lowest BCUT2D eigenvalue weighted by atomic mass is 9.90. The molecular formula is C18H24F3N3O3. The molecule has 1 fully saturated rings. The number of amides is 2. The minimum atomic E-state index is -4.39. The van der Waals surface area contributed by atoms with E-state index >= 15 is 0 Å². The van der Waals surface area contributed by atoms with Crippen LogP contribution in [0.4, 0.5) is 23.7 Å². The molecule has 0 aromatic heterocycles. The fourth-order valence-corrected chi connectivity index (χ4v) is 2.75. The van der Waals surface area contributed by atoms with E-state index in [-0.39, 0.29) is 12.6 Å². The molecule has 0 saturated carbocycles. The predicted molar refractivity (Wildman–Crippen MR) is 94.7 cm³/mol. The van der Waals surface area contributed by atoms with Crippen molar-refractivity contribution in [1.29, 1.82) is 0 Å². The molecule has 0 atom stereocenters. The molecule has 9 heteroatoms. The summed E-state index contributed by atoms with van der Waals surface area (Å²) in [5.74, 6) is -0.925. The normalized spacial score (nSPS) is 15.6. The number of piperazine rings is 1. The van der Waals surface area contributed by atoms with Crippen molar-refractivity contribution in [3.8, 4) is 0 Å². The maximum absolute atomic E-state index is 12.8. The van der Waals surface area contributed by atoms with Crippen molar-refractivity contribution in [1.82, 2.24) is 10.2 Å². The van der Waals surface area contributed by atoms with E-state index in [1.165, 1.54) is 6.07 Å². The molecule has 1 heterocycles. The second-order valence-electron chi connectivity index (χ2n) is 7.19. The number of anilines is 1. The summed E-state index contributed by atoms with van der Waals surface area (Å²) in [4.78, 5) is 26.6. The highest BCUT2D eigenvalue weighted by molar-refractivity contribution is 5.75. The third-order valence-corrected chi connectivity index (χ3v) is 4.71. The quantitative estimate of drug-likeness (QED) is 0.815. The monoisotopic (exact) mass is 387 g/mol. The second-order valence-corrected chi connectivity index (χ2v) is 7.19. The van der Waals surface area contributed by atoms with Crippen LogP contribution in [0.15, 0.2) is 24.3 Å². The summed E-state index contributed by atoms with van der Waals surface area (Å²) in [7, 11) is 0. The topological polar surface area (TPSA) is 72.9 Å². The zero-order chi connectivity index (χ0) is 20.2. The molecule has 2 amide bonds. The SMILES string of the molecule is CC(C)(CCNC(=O)N1CCN(c2cccc(C(F)(F)F)c2)CC1)C(=O)O. The molecule has 0 aliphatic carbocycles. The Bertz CT molecular complexity index is 684. The largest absolute Gasteiger partial charge is 0.481 e. The van der Waals surface area contributed by atoms with E-state index in [1.807, 2.05) is 4.90 Å². The van der Waals surface area contributed by atoms with Crippen molar-refractivity contribution in [3.05, 3.63) is 29.8 Å². The first kappa shape index (κ1) is 20.9. The van der Waals surface area contributed by atoms with E-state index in [0.717, 1.165) is 12.1 Å². The van der Waals surface area contributed by atoms with E-state index in [1.54, 1.807) is 24.8 Å². The third-order valence-electron chi connectivity index (χ3n) is 4.71. The molecule has 0 bridgehead atoms. The van der Waals surface area contributed by atoms with Crippen LogP contribution in [0, 0.1) is 5.41 Å². The van der Waals surface area contributed by atoms with Crippen LogP contribution in [0.5, 0.6) is 0 Å². The Hall–Kier alpha value is -2.45. The Morgan fingerprint density at radius 1 is 1.15 bits per heavy atom. The average Bonchev–Trinajstić information content (AvgIpc) is 2.61. The average molecular weight is 387 g/mol. The molecule has 1 saturated heterocycles. The standard InChI is InChI=1S/C18H24F3N3O3/c1-17(2,15(25)26)6-7-22-16(27)24-10-8-23(9-11-24)14-5-3-4-13(12-14)18(19,20)21/h3-5,12H,6-11H2,1-2H3,(H,22,27)(H,25,26). The van der Waals surface area contributed by atoms with Gasteiger partial charge in [-0.3, -0.25) is 4.79 Å². The van der Waals surface area contributed by atoms with Gasteiger partial charge in [0.1, 0.15) is 0 Å².